The van der Waals surface area contributed by atoms with Gasteiger partial charge in [0.25, 0.3) is 0 Å². The number of hydrogen-bond donors (Lipinski definition) is 1. The van der Waals surface area contributed by atoms with Crippen molar-refractivity contribution in [3.8, 4) is 0 Å². The molecule has 0 aromatic heterocycles. The Kier molecular flexibility index (Phi) is 5.34. The second kappa shape index (κ2) is 6.82. The lowest BCUT2D eigenvalue weighted by Gasteiger charge is -2.30. The molecule has 0 spiro atoms. The molecule has 1 aliphatic rings. The third-order valence-electron chi connectivity index (χ3n) is 4.09. The molecule has 2 atom stereocenters. The van der Waals surface area contributed by atoms with E-state index in [1.165, 1.54) is 22.6 Å². The van der Waals surface area contributed by atoms with Gasteiger partial charge in [0.1, 0.15) is 0 Å². The Bertz CT molecular complexity index is 454. The predicted molar refractivity (Wildman–Crippen MR) is 90.5 cm³/mol. The van der Waals surface area contributed by atoms with Crippen molar-refractivity contribution in [2.24, 2.45) is 11.3 Å². The lowest BCUT2D eigenvalue weighted by Crippen LogP contribution is -2.33. The molecule has 1 heterocycles. The highest BCUT2D eigenvalue weighted by Crippen LogP contribution is 2.44. The molecule has 0 aliphatic carbocycles. The molecule has 0 saturated heterocycles. The molecular formula is C18H27NS. The summed E-state index contributed by atoms with van der Waals surface area (Å²) in [4.78, 5) is 1.47. The fraction of sp³-hybridized carbons (Fsp3) is 0.556. The summed E-state index contributed by atoms with van der Waals surface area (Å²) in [6, 6.07) is 8.86. The molecule has 2 heteroatoms. The van der Waals surface area contributed by atoms with Gasteiger partial charge in [0.2, 0.25) is 0 Å². The van der Waals surface area contributed by atoms with Gasteiger partial charge in [0.05, 0.1) is 0 Å². The van der Waals surface area contributed by atoms with E-state index in [0.29, 0.717) is 11.8 Å². The Balaban J connectivity index is 1.98. The predicted octanol–water partition coefficient (Wildman–Crippen LogP) is 4.70. The summed E-state index contributed by atoms with van der Waals surface area (Å²) < 4.78 is 0. The summed E-state index contributed by atoms with van der Waals surface area (Å²) in [7, 11) is 0. The van der Waals surface area contributed by atoms with Gasteiger partial charge in [-0.25, -0.2) is 0 Å². The lowest BCUT2D eigenvalue weighted by molar-refractivity contribution is 0.335. The molecule has 1 aromatic rings. The lowest BCUT2D eigenvalue weighted by atomic mass is 9.79. The third-order valence-corrected chi connectivity index (χ3v) is 5.34. The molecule has 0 fully saturated rings. The molecule has 2 unspecified atom stereocenters. The SMILES string of the molecule is C=CC(C)(CNCC(C)C)CC1CSc2ccccc21. The van der Waals surface area contributed by atoms with Gasteiger partial charge in [0.15, 0.2) is 0 Å². The van der Waals surface area contributed by atoms with E-state index in [2.05, 4.69) is 63.0 Å². The molecule has 1 N–H and O–H groups in total. The van der Waals surface area contributed by atoms with E-state index >= 15 is 0 Å². The maximum atomic E-state index is 4.08. The van der Waals surface area contributed by atoms with E-state index in [-0.39, 0.29) is 5.41 Å². The summed E-state index contributed by atoms with van der Waals surface area (Å²) in [6.45, 7) is 13.0. The van der Waals surface area contributed by atoms with Crippen LogP contribution in [-0.2, 0) is 0 Å². The molecular weight excluding hydrogens is 262 g/mol. The van der Waals surface area contributed by atoms with Crippen LogP contribution in [0.5, 0.6) is 0 Å². The van der Waals surface area contributed by atoms with Gasteiger partial charge in [-0.1, -0.05) is 45.0 Å². The zero-order valence-corrected chi connectivity index (χ0v) is 13.8. The van der Waals surface area contributed by atoms with Crippen molar-refractivity contribution < 1.29 is 0 Å². The zero-order chi connectivity index (χ0) is 14.6. The van der Waals surface area contributed by atoms with Crippen molar-refractivity contribution in [1.82, 2.24) is 5.32 Å². The van der Waals surface area contributed by atoms with E-state index in [9.17, 15) is 0 Å². The van der Waals surface area contributed by atoms with Crippen molar-refractivity contribution in [2.45, 2.75) is 38.0 Å². The smallest absolute Gasteiger partial charge is 0.0107 e. The van der Waals surface area contributed by atoms with E-state index in [4.69, 9.17) is 0 Å². The molecule has 20 heavy (non-hydrogen) atoms. The van der Waals surface area contributed by atoms with Crippen molar-refractivity contribution >= 4 is 11.8 Å². The van der Waals surface area contributed by atoms with Crippen LogP contribution in [0.4, 0.5) is 0 Å². The topological polar surface area (TPSA) is 12.0 Å². The van der Waals surface area contributed by atoms with Gasteiger partial charge in [0, 0.05) is 17.2 Å². The van der Waals surface area contributed by atoms with Crippen molar-refractivity contribution in [3.63, 3.8) is 0 Å². The maximum Gasteiger partial charge on any atom is 0.0107 e. The van der Waals surface area contributed by atoms with Gasteiger partial charge >= 0.3 is 0 Å². The number of fused-ring (bicyclic) bond motifs is 1. The first kappa shape index (κ1) is 15.7. The highest BCUT2D eigenvalue weighted by Gasteiger charge is 2.30. The van der Waals surface area contributed by atoms with Gasteiger partial charge in [-0.2, -0.15) is 0 Å². The van der Waals surface area contributed by atoms with Crippen LogP contribution < -0.4 is 5.32 Å². The Hall–Kier alpha value is -0.730. The minimum absolute atomic E-state index is 0.178. The average Bonchev–Trinajstić information content (AvgIpc) is 2.82. The molecule has 0 bridgehead atoms. The number of thioether (sulfide) groups is 1. The molecule has 1 aliphatic heterocycles. The molecule has 0 radical (unpaired) electrons. The first-order valence-corrected chi connectivity index (χ1v) is 8.59. The summed E-state index contributed by atoms with van der Waals surface area (Å²) >= 11 is 2.00. The number of nitrogens with one attached hydrogen (secondary N) is 1. The fourth-order valence-corrected chi connectivity index (χ4v) is 4.09. The van der Waals surface area contributed by atoms with Crippen LogP contribution >= 0.6 is 11.8 Å². The third kappa shape index (κ3) is 3.89. The highest BCUT2D eigenvalue weighted by atomic mass is 32.2. The number of rotatable bonds is 7. The van der Waals surface area contributed by atoms with Gasteiger partial charge in [-0.3, -0.25) is 0 Å². The fourth-order valence-electron chi connectivity index (χ4n) is 2.84. The zero-order valence-electron chi connectivity index (χ0n) is 13.0. The first-order chi connectivity index (χ1) is 9.54. The molecule has 0 saturated carbocycles. The summed E-state index contributed by atoms with van der Waals surface area (Å²) in [5.41, 5.74) is 1.71. The normalized spacial score (nSPS) is 20.7. The van der Waals surface area contributed by atoms with Crippen LogP contribution in [0.1, 0.15) is 38.7 Å². The van der Waals surface area contributed by atoms with E-state index < -0.39 is 0 Å². The monoisotopic (exact) mass is 289 g/mol. The molecule has 2 rings (SSSR count). The quantitative estimate of drug-likeness (QED) is 0.730. The first-order valence-electron chi connectivity index (χ1n) is 7.60. The highest BCUT2D eigenvalue weighted by molar-refractivity contribution is 7.99. The minimum atomic E-state index is 0.178. The second-order valence-electron chi connectivity index (χ2n) is 6.63. The maximum absolute atomic E-state index is 4.08. The largest absolute Gasteiger partial charge is 0.316 e. The van der Waals surface area contributed by atoms with Crippen LogP contribution in [0.3, 0.4) is 0 Å². The molecule has 0 amide bonds. The average molecular weight is 289 g/mol. The van der Waals surface area contributed by atoms with Gasteiger partial charge in [-0.15, -0.1) is 18.3 Å². The van der Waals surface area contributed by atoms with Gasteiger partial charge in [-0.05, 0) is 41.8 Å². The summed E-state index contributed by atoms with van der Waals surface area (Å²) in [6.07, 6.45) is 3.33. The molecule has 110 valence electrons. The Morgan fingerprint density at radius 3 is 2.90 bits per heavy atom. The van der Waals surface area contributed by atoms with Gasteiger partial charge < -0.3 is 5.32 Å². The van der Waals surface area contributed by atoms with Crippen LogP contribution in [0.25, 0.3) is 0 Å². The van der Waals surface area contributed by atoms with E-state index in [1.807, 2.05) is 11.8 Å². The van der Waals surface area contributed by atoms with Crippen LogP contribution in [0.2, 0.25) is 0 Å². The van der Waals surface area contributed by atoms with Crippen molar-refractivity contribution in [2.75, 3.05) is 18.8 Å². The summed E-state index contributed by atoms with van der Waals surface area (Å²) in [5, 5.41) is 3.60. The van der Waals surface area contributed by atoms with Crippen LogP contribution in [0, 0.1) is 11.3 Å². The van der Waals surface area contributed by atoms with Crippen molar-refractivity contribution in [3.05, 3.63) is 42.5 Å². The van der Waals surface area contributed by atoms with Crippen LogP contribution in [-0.4, -0.2) is 18.8 Å². The molecule has 1 nitrogen and oxygen atoms in total. The standard InChI is InChI=1S/C18H27NS/c1-5-18(4,13-19-11-14(2)3)10-15-12-20-17-9-7-6-8-16(15)17/h5-9,14-15,19H,1,10-13H2,2-4H3. The van der Waals surface area contributed by atoms with E-state index in [0.717, 1.165) is 13.1 Å². The van der Waals surface area contributed by atoms with Crippen LogP contribution in [0.15, 0.2) is 41.8 Å². The number of hydrogen-bond acceptors (Lipinski definition) is 2. The molecule has 1 aromatic carbocycles. The Morgan fingerprint density at radius 1 is 1.45 bits per heavy atom. The number of benzene rings is 1. The Labute approximate surface area is 128 Å². The minimum Gasteiger partial charge on any atom is -0.316 e. The summed E-state index contributed by atoms with van der Waals surface area (Å²) in [5.74, 6) is 2.58. The van der Waals surface area contributed by atoms with Crippen molar-refractivity contribution in [1.29, 1.82) is 0 Å². The Morgan fingerprint density at radius 2 is 2.20 bits per heavy atom. The van der Waals surface area contributed by atoms with E-state index in [1.54, 1.807) is 0 Å². The second-order valence-corrected chi connectivity index (χ2v) is 7.69.